The number of piperidine rings is 1. The van der Waals surface area contributed by atoms with Crippen LogP contribution >= 0.6 is 11.6 Å². The summed E-state index contributed by atoms with van der Waals surface area (Å²) in [5, 5.41) is 9.77. The van der Waals surface area contributed by atoms with E-state index in [1.54, 1.807) is 0 Å². The molecule has 1 amide bonds. The number of nitrogens with zero attached hydrogens (tertiary/aromatic N) is 6. The molecule has 9 rings (SSSR count). The summed E-state index contributed by atoms with van der Waals surface area (Å²) in [6, 6.07) is 6.78. The lowest BCUT2D eigenvalue weighted by atomic mass is 9.87. The average Bonchev–Trinajstić information content (AvgIpc) is 3.53. The Morgan fingerprint density at radius 2 is 1.87 bits per heavy atom. The molecule has 4 aromatic rings. The van der Waals surface area contributed by atoms with Crippen molar-refractivity contribution >= 4 is 45.3 Å². The Labute approximate surface area is 279 Å². The zero-order chi connectivity index (χ0) is 32.6. The van der Waals surface area contributed by atoms with Gasteiger partial charge in [0.25, 0.3) is 0 Å². The number of piperazine rings is 1. The molecule has 0 radical (unpaired) electrons. The first kappa shape index (κ1) is 30.5. The molecule has 3 atom stereocenters. The molecule has 2 aromatic heterocycles. The van der Waals surface area contributed by atoms with Crippen LogP contribution in [0.1, 0.15) is 58.4 Å². The molecule has 1 aliphatic carbocycles. The molecule has 11 nitrogen and oxygen atoms in total. The summed E-state index contributed by atoms with van der Waals surface area (Å²) >= 11 is 7.27. The molecule has 4 saturated heterocycles. The Morgan fingerprint density at radius 1 is 1.09 bits per heavy atom. The zero-order valence-electron chi connectivity index (χ0n) is 27.7. The number of carbonyl (C=O) groups excluding carboxylic acids is 1. The molecule has 5 fully saturated rings. The molecule has 1 saturated carbocycles. The van der Waals surface area contributed by atoms with E-state index in [2.05, 4.69) is 40.0 Å². The van der Waals surface area contributed by atoms with E-state index in [-0.39, 0.29) is 24.3 Å². The van der Waals surface area contributed by atoms with Crippen LogP contribution in [0.4, 0.5) is 10.6 Å². The number of anilines is 1. The van der Waals surface area contributed by atoms with Gasteiger partial charge >= 0.3 is 12.1 Å². The van der Waals surface area contributed by atoms with Crippen molar-refractivity contribution in [2.24, 2.45) is 0 Å². The number of benzene rings is 2. The predicted molar refractivity (Wildman–Crippen MR) is 182 cm³/mol. The number of H-pyrrole nitrogens is 1. The second kappa shape index (κ2) is 11.4. The molecule has 6 heterocycles. The van der Waals surface area contributed by atoms with Gasteiger partial charge in [0.15, 0.2) is 5.75 Å². The highest BCUT2D eigenvalue weighted by molar-refractivity contribution is 6.35. The topological polar surface area (TPSA) is 109 Å². The van der Waals surface area contributed by atoms with E-state index in [4.69, 9.17) is 35.8 Å². The second-order valence-electron chi connectivity index (χ2n) is 14.6. The predicted octanol–water partition coefficient (Wildman–Crippen LogP) is 6.35. The fraction of sp³-hybridized carbons (Fsp3) is 0.543. The number of nitrogens with one attached hydrogen (secondary N) is 1. The van der Waals surface area contributed by atoms with Crippen LogP contribution in [0.25, 0.3) is 32.9 Å². The third-order valence-electron chi connectivity index (χ3n) is 9.92. The Hall–Kier alpha value is -3.83. The van der Waals surface area contributed by atoms with Gasteiger partial charge in [-0.25, -0.2) is 4.79 Å². The third kappa shape index (κ3) is 5.61. The Bertz CT molecular complexity index is 1860. The minimum absolute atomic E-state index is 0.0309. The van der Waals surface area contributed by atoms with Crippen molar-refractivity contribution in [1.29, 1.82) is 0 Å². The maximum absolute atomic E-state index is 13.1. The molecule has 12 heteroatoms. The number of fused-ring (bicyclic) bond motifs is 4. The number of rotatable bonds is 7. The SMILES string of the molecule is Cc1ccc2[nH]ncc2c1-c1c(Cl)cc2c(N3CC4CC(C3)N4C(=O)OC(C)(C)C)nc(OC[C@@H]3CCCN3C)nc2c1OC1CC1. The molecule has 2 aromatic carbocycles. The molecule has 4 aliphatic heterocycles. The quantitative estimate of drug-likeness (QED) is 0.243. The summed E-state index contributed by atoms with van der Waals surface area (Å²) in [5.74, 6) is 1.39. The summed E-state index contributed by atoms with van der Waals surface area (Å²) in [6.45, 7) is 10.6. The van der Waals surface area contributed by atoms with E-state index < -0.39 is 5.60 Å². The normalized spacial score (nSPS) is 23.0. The smallest absolute Gasteiger partial charge is 0.410 e. The van der Waals surface area contributed by atoms with E-state index in [9.17, 15) is 4.79 Å². The first-order valence-corrected chi connectivity index (χ1v) is 17.1. The van der Waals surface area contributed by atoms with Crippen molar-refractivity contribution < 1.29 is 19.0 Å². The largest absolute Gasteiger partial charge is 0.487 e. The second-order valence-corrected chi connectivity index (χ2v) is 15.0. The first-order valence-electron chi connectivity index (χ1n) is 16.8. The summed E-state index contributed by atoms with van der Waals surface area (Å²) < 4.78 is 18.9. The van der Waals surface area contributed by atoms with Gasteiger partial charge in [0.1, 0.15) is 23.5 Å². The van der Waals surface area contributed by atoms with Gasteiger partial charge < -0.3 is 24.0 Å². The van der Waals surface area contributed by atoms with Gasteiger partial charge in [0.05, 0.1) is 34.9 Å². The van der Waals surface area contributed by atoms with Gasteiger partial charge in [0, 0.05) is 41.0 Å². The Kier molecular flexibility index (Phi) is 7.40. The summed E-state index contributed by atoms with van der Waals surface area (Å²) in [4.78, 5) is 29.6. The van der Waals surface area contributed by atoms with E-state index in [0.717, 1.165) is 77.4 Å². The number of likely N-dealkylation sites (N-methyl/N-ethyl adjacent to an activating group) is 1. The van der Waals surface area contributed by atoms with Crippen LogP contribution in [-0.2, 0) is 4.74 Å². The molecular formula is C35H42ClN7O4. The molecule has 2 unspecified atom stereocenters. The number of amides is 1. The highest BCUT2D eigenvalue weighted by Gasteiger charge is 2.49. The maximum atomic E-state index is 13.1. The van der Waals surface area contributed by atoms with Crippen LogP contribution in [0, 0.1) is 6.92 Å². The van der Waals surface area contributed by atoms with Crippen molar-refractivity contribution in [2.75, 3.05) is 38.2 Å². The van der Waals surface area contributed by atoms with Crippen LogP contribution in [0.2, 0.25) is 5.02 Å². The molecule has 0 spiro atoms. The fourth-order valence-corrected chi connectivity index (χ4v) is 7.68. The molecule has 1 N–H and O–H groups in total. The minimum Gasteiger partial charge on any atom is -0.487 e. The number of hydrogen-bond donors (Lipinski definition) is 1. The molecule has 248 valence electrons. The number of aryl methyl sites for hydroxylation is 1. The van der Waals surface area contributed by atoms with Crippen LogP contribution in [0.3, 0.4) is 0 Å². The van der Waals surface area contributed by atoms with Gasteiger partial charge in [-0.05, 0) is 91.1 Å². The van der Waals surface area contributed by atoms with Crippen molar-refractivity contribution in [3.63, 3.8) is 0 Å². The summed E-state index contributed by atoms with van der Waals surface area (Å²) in [6.07, 6.45) is 6.81. The standard InChI is InChI=1S/C35H42ClN7O4/c1-19-8-11-27-25(15-37-40-27)28(19)29-26(36)14-24-30(31(29)46-23-9-10-23)38-33(45-18-20-7-6-12-41(20)5)39-32(24)42-16-21-13-22(17-42)43(21)34(44)47-35(2,3)4/h8,11,14-15,20-23H,6-7,9-10,12-13,16-18H2,1-5H3,(H,37,40)/t20-,21?,22?/m0/s1. The minimum atomic E-state index is -0.547. The Balaban J connectivity index is 1.24. The Morgan fingerprint density at radius 3 is 2.57 bits per heavy atom. The van der Waals surface area contributed by atoms with E-state index in [1.165, 1.54) is 0 Å². The number of carbonyl (C=O) groups is 1. The van der Waals surface area contributed by atoms with Crippen molar-refractivity contribution in [1.82, 2.24) is 30.0 Å². The number of ether oxygens (including phenoxy) is 3. The lowest BCUT2D eigenvalue weighted by Crippen LogP contribution is -2.70. The average molecular weight is 660 g/mol. The maximum Gasteiger partial charge on any atom is 0.410 e. The summed E-state index contributed by atoms with van der Waals surface area (Å²) in [7, 11) is 2.14. The van der Waals surface area contributed by atoms with Gasteiger partial charge in [0.2, 0.25) is 0 Å². The number of hydrogen-bond acceptors (Lipinski definition) is 9. The van der Waals surface area contributed by atoms with Crippen molar-refractivity contribution in [3.8, 4) is 22.9 Å². The van der Waals surface area contributed by atoms with Crippen LogP contribution in [0.5, 0.6) is 11.8 Å². The van der Waals surface area contributed by atoms with Gasteiger partial charge in [-0.3, -0.25) is 10.00 Å². The lowest BCUT2D eigenvalue weighted by Gasteiger charge is -2.56. The first-order chi connectivity index (χ1) is 22.5. The molecular weight excluding hydrogens is 618 g/mol. The summed E-state index contributed by atoms with van der Waals surface area (Å²) in [5.41, 5.74) is 3.90. The van der Waals surface area contributed by atoms with E-state index in [0.29, 0.717) is 48.0 Å². The van der Waals surface area contributed by atoms with Crippen molar-refractivity contribution in [2.45, 2.75) is 89.6 Å². The van der Waals surface area contributed by atoms with Gasteiger partial charge in [-0.1, -0.05) is 17.7 Å². The fourth-order valence-electron chi connectivity index (χ4n) is 7.39. The highest BCUT2D eigenvalue weighted by Crippen LogP contribution is 2.49. The lowest BCUT2D eigenvalue weighted by molar-refractivity contribution is -0.0380. The van der Waals surface area contributed by atoms with Crippen molar-refractivity contribution in [3.05, 3.63) is 35.0 Å². The third-order valence-corrected chi connectivity index (χ3v) is 10.2. The van der Waals surface area contributed by atoms with E-state index in [1.807, 2.05) is 44.0 Å². The number of likely N-dealkylation sites (tertiary alicyclic amines) is 1. The number of aromatic nitrogens is 4. The molecule has 5 aliphatic rings. The van der Waals surface area contributed by atoms with Crippen LogP contribution in [0.15, 0.2) is 24.4 Å². The van der Waals surface area contributed by atoms with Gasteiger partial charge in [-0.2, -0.15) is 15.1 Å². The van der Waals surface area contributed by atoms with Crippen LogP contribution < -0.4 is 14.4 Å². The molecule has 2 bridgehead atoms. The highest BCUT2D eigenvalue weighted by atomic mass is 35.5. The van der Waals surface area contributed by atoms with Crippen LogP contribution in [-0.4, -0.2) is 99.2 Å². The van der Waals surface area contributed by atoms with E-state index >= 15 is 0 Å². The van der Waals surface area contributed by atoms with Gasteiger partial charge in [-0.15, -0.1) is 0 Å². The zero-order valence-corrected chi connectivity index (χ0v) is 28.4. The number of aromatic amines is 1. The monoisotopic (exact) mass is 659 g/mol. The number of halogens is 1. The molecule has 47 heavy (non-hydrogen) atoms.